The van der Waals surface area contributed by atoms with Crippen LogP contribution in [0.25, 0.3) is 0 Å². The van der Waals surface area contributed by atoms with Gasteiger partial charge < -0.3 is 5.11 Å². The minimum absolute atomic E-state index is 0.0691. The van der Waals surface area contributed by atoms with Crippen molar-refractivity contribution >= 4 is 15.9 Å². The fourth-order valence-electron chi connectivity index (χ4n) is 4.22. The molecule has 5 nitrogen and oxygen atoms in total. The number of nitrogens with zero attached hydrogens (tertiary/aromatic N) is 1. The molecule has 1 aliphatic carbocycles. The fraction of sp³-hybridized carbons (Fsp3) is 0.588. The van der Waals surface area contributed by atoms with Gasteiger partial charge in [0, 0.05) is 12.1 Å². The van der Waals surface area contributed by atoms with E-state index in [1.807, 2.05) is 6.07 Å². The van der Waals surface area contributed by atoms with Crippen molar-refractivity contribution < 1.29 is 13.5 Å². The van der Waals surface area contributed by atoms with Crippen molar-refractivity contribution in [3.8, 4) is 0 Å². The first-order chi connectivity index (χ1) is 10.6. The van der Waals surface area contributed by atoms with E-state index >= 15 is 0 Å². The average Bonchev–Trinajstić information content (AvgIpc) is 2.66. The van der Waals surface area contributed by atoms with E-state index in [2.05, 4.69) is 30.5 Å². The second kappa shape index (κ2) is 5.31. The Bertz CT molecular complexity index is 755. The number of fused-ring (bicyclic) bond motifs is 1. The molecule has 0 spiro atoms. The quantitative estimate of drug-likeness (QED) is 0.870. The van der Waals surface area contributed by atoms with Gasteiger partial charge in [0.25, 0.3) is 10.0 Å². The van der Waals surface area contributed by atoms with E-state index in [1.165, 1.54) is 0 Å². The number of aliphatic hydroxyl groups excluding tert-OH is 1. The first-order valence-electron chi connectivity index (χ1n) is 7.95. The molecule has 0 bridgehead atoms. The van der Waals surface area contributed by atoms with Gasteiger partial charge in [-0.05, 0) is 42.2 Å². The van der Waals surface area contributed by atoms with E-state index in [1.54, 1.807) is 18.2 Å². The Kier molecular flexibility index (Phi) is 3.80. The van der Waals surface area contributed by atoms with Crippen LogP contribution < -0.4 is 4.72 Å². The summed E-state index contributed by atoms with van der Waals surface area (Å²) < 4.78 is 26.8. The summed E-state index contributed by atoms with van der Waals surface area (Å²) in [6.45, 7) is 6.94. The third-order valence-corrected chi connectivity index (χ3v) is 6.10. The molecule has 0 unspecified atom stereocenters. The maximum absolute atomic E-state index is 12.1. The SMILES string of the molecule is CC1(C)C[C@H](O)C[C@@](C)(CN=C2NS(=O)(=O)c3ccccc32)C1. The fourth-order valence-corrected chi connectivity index (χ4v) is 5.47. The lowest BCUT2D eigenvalue weighted by atomic mass is 9.63. The number of aliphatic imine (C=N–C) groups is 1. The van der Waals surface area contributed by atoms with Crippen molar-refractivity contribution in [3.05, 3.63) is 29.8 Å². The third-order valence-electron chi connectivity index (χ3n) is 4.70. The summed E-state index contributed by atoms with van der Waals surface area (Å²) in [5, 5.41) is 10.2. The molecule has 0 saturated heterocycles. The van der Waals surface area contributed by atoms with Crippen LogP contribution in [0.5, 0.6) is 0 Å². The maximum Gasteiger partial charge on any atom is 0.263 e. The number of benzene rings is 1. The summed E-state index contributed by atoms with van der Waals surface area (Å²) in [7, 11) is -3.49. The Morgan fingerprint density at radius 1 is 1.26 bits per heavy atom. The monoisotopic (exact) mass is 336 g/mol. The molecule has 1 aliphatic heterocycles. The van der Waals surface area contributed by atoms with Gasteiger partial charge in [-0.15, -0.1) is 0 Å². The molecule has 2 atom stereocenters. The van der Waals surface area contributed by atoms with Gasteiger partial charge in [-0.2, -0.15) is 0 Å². The van der Waals surface area contributed by atoms with Crippen LogP contribution >= 0.6 is 0 Å². The van der Waals surface area contributed by atoms with Crippen LogP contribution in [0.15, 0.2) is 34.2 Å². The molecule has 2 N–H and O–H groups in total. The Labute approximate surface area is 137 Å². The molecule has 1 heterocycles. The van der Waals surface area contributed by atoms with E-state index < -0.39 is 10.0 Å². The highest BCUT2D eigenvalue weighted by molar-refractivity contribution is 7.90. The highest BCUT2D eigenvalue weighted by atomic mass is 32.2. The summed E-state index contributed by atoms with van der Waals surface area (Å²) in [5.74, 6) is 0.416. The van der Waals surface area contributed by atoms with Crippen molar-refractivity contribution in [2.24, 2.45) is 15.8 Å². The summed E-state index contributed by atoms with van der Waals surface area (Å²) in [6, 6.07) is 6.89. The summed E-state index contributed by atoms with van der Waals surface area (Å²) in [4.78, 5) is 4.86. The molecule has 3 rings (SSSR count). The lowest BCUT2D eigenvalue weighted by Gasteiger charge is -2.44. The standard InChI is InChI=1S/C17H24N2O3S/c1-16(2)8-12(20)9-17(3,10-16)11-18-15-13-6-4-5-7-14(13)23(21,22)19-15/h4-7,12,20H,8-11H2,1-3H3,(H,18,19)/t12-,17+/m0/s1. The summed E-state index contributed by atoms with van der Waals surface area (Å²) in [5.41, 5.74) is 0.573. The van der Waals surface area contributed by atoms with Crippen LogP contribution in [0.2, 0.25) is 0 Å². The third kappa shape index (κ3) is 3.28. The van der Waals surface area contributed by atoms with Gasteiger partial charge in [-0.25, -0.2) is 8.42 Å². The van der Waals surface area contributed by atoms with Crippen molar-refractivity contribution in [2.75, 3.05) is 6.54 Å². The van der Waals surface area contributed by atoms with E-state index in [0.717, 1.165) is 12.8 Å². The Balaban J connectivity index is 1.87. The van der Waals surface area contributed by atoms with Gasteiger partial charge >= 0.3 is 0 Å². The minimum Gasteiger partial charge on any atom is -0.393 e. The highest BCUT2D eigenvalue weighted by Crippen LogP contribution is 2.46. The van der Waals surface area contributed by atoms with Crippen LogP contribution in [-0.2, 0) is 10.0 Å². The molecule has 1 fully saturated rings. The topological polar surface area (TPSA) is 78.8 Å². The number of aliphatic hydroxyl groups is 1. The Hall–Kier alpha value is -1.40. The van der Waals surface area contributed by atoms with Gasteiger partial charge in [-0.1, -0.05) is 32.9 Å². The number of nitrogens with one attached hydrogen (secondary N) is 1. The van der Waals surface area contributed by atoms with Crippen LogP contribution in [-0.4, -0.2) is 32.0 Å². The molecule has 0 radical (unpaired) electrons. The smallest absolute Gasteiger partial charge is 0.263 e. The van der Waals surface area contributed by atoms with Gasteiger partial charge in [-0.3, -0.25) is 9.71 Å². The van der Waals surface area contributed by atoms with Crippen LogP contribution in [0.4, 0.5) is 0 Å². The van der Waals surface area contributed by atoms with E-state index in [4.69, 9.17) is 0 Å². The molecule has 1 saturated carbocycles. The first kappa shape index (κ1) is 16.5. The molecule has 23 heavy (non-hydrogen) atoms. The lowest BCUT2D eigenvalue weighted by molar-refractivity contribution is -0.00478. The van der Waals surface area contributed by atoms with Gasteiger partial charge in [0.1, 0.15) is 5.84 Å². The predicted octanol–water partition coefficient (Wildman–Crippen LogP) is 2.30. The number of amidine groups is 1. The van der Waals surface area contributed by atoms with E-state index in [0.29, 0.717) is 24.4 Å². The van der Waals surface area contributed by atoms with Gasteiger partial charge in [0.05, 0.1) is 11.0 Å². The number of hydrogen-bond donors (Lipinski definition) is 2. The molecule has 6 heteroatoms. The molecule has 1 aromatic carbocycles. The first-order valence-corrected chi connectivity index (χ1v) is 9.43. The summed E-state index contributed by atoms with van der Waals surface area (Å²) in [6.07, 6.45) is 2.13. The van der Waals surface area contributed by atoms with E-state index in [9.17, 15) is 13.5 Å². The predicted molar refractivity (Wildman–Crippen MR) is 89.9 cm³/mol. The largest absolute Gasteiger partial charge is 0.393 e. The van der Waals surface area contributed by atoms with Crippen LogP contribution in [0.3, 0.4) is 0 Å². The average molecular weight is 336 g/mol. The van der Waals surface area contributed by atoms with E-state index in [-0.39, 0.29) is 21.8 Å². The maximum atomic E-state index is 12.1. The van der Waals surface area contributed by atoms with Crippen LogP contribution in [0.1, 0.15) is 45.6 Å². The second-order valence-electron chi connectivity index (χ2n) is 7.98. The zero-order valence-electron chi connectivity index (χ0n) is 13.8. The van der Waals surface area contributed by atoms with Crippen molar-refractivity contribution in [3.63, 3.8) is 0 Å². The number of rotatable bonds is 2. The zero-order chi connectivity index (χ0) is 16.9. The Morgan fingerprint density at radius 2 is 1.96 bits per heavy atom. The zero-order valence-corrected chi connectivity index (χ0v) is 14.7. The van der Waals surface area contributed by atoms with Gasteiger partial charge in [0.15, 0.2) is 0 Å². The normalized spacial score (nSPS) is 33.2. The molecule has 0 amide bonds. The molecular weight excluding hydrogens is 312 g/mol. The number of sulfonamides is 1. The number of hydrogen-bond acceptors (Lipinski definition) is 4. The molecule has 2 aliphatic rings. The highest BCUT2D eigenvalue weighted by Gasteiger charge is 2.41. The lowest BCUT2D eigenvalue weighted by Crippen LogP contribution is -2.40. The van der Waals surface area contributed by atoms with Gasteiger partial charge in [0.2, 0.25) is 0 Å². The second-order valence-corrected chi connectivity index (χ2v) is 9.63. The molecule has 1 aromatic rings. The van der Waals surface area contributed by atoms with Crippen molar-refractivity contribution in [2.45, 2.75) is 51.0 Å². The minimum atomic E-state index is -3.49. The molecule has 0 aromatic heterocycles. The van der Waals surface area contributed by atoms with Crippen molar-refractivity contribution in [1.29, 1.82) is 0 Å². The van der Waals surface area contributed by atoms with Crippen LogP contribution in [0, 0.1) is 10.8 Å². The Morgan fingerprint density at radius 3 is 2.65 bits per heavy atom. The summed E-state index contributed by atoms with van der Waals surface area (Å²) >= 11 is 0. The molecular formula is C17H24N2O3S. The van der Waals surface area contributed by atoms with Crippen molar-refractivity contribution in [1.82, 2.24) is 4.72 Å². The molecule has 126 valence electrons.